The summed E-state index contributed by atoms with van der Waals surface area (Å²) in [6, 6.07) is 0. The van der Waals surface area contributed by atoms with E-state index in [1.165, 1.54) is 12.4 Å². The lowest BCUT2D eigenvalue weighted by Gasteiger charge is -2.05. The quantitative estimate of drug-likeness (QED) is 0.526. The first-order valence-corrected chi connectivity index (χ1v) is 3.90. The van der Waals surface area contributed by atoms with E-state index in [1.807, 2.05) is 0 Å². The molecule has 0 aromatic carbocycles. The van der Waals surface area contributed by atoms with Gasteiger partial charge in [-0.3, -0.25) is 4.79 Å². The average molecular weight is 184 g/mol. The van der Waals surface area contributed by atoms with Crippen LogP contribution < -0.4 is 5.56 Å². The minimum atomic E-state index is -0.390. The second-order valence-electron chi connectivity index (χ2n) is 2.72. The fourth-order valence-electron chi connectivity index (χ4n) is 1.09. The van der Waals surface area contributed by atoms with Gasteiger partial charge in [-0.2, -0.15) is 4.99 Å². The Labute approximate surface area is 81.0 Å². The van der Waals surface area contributed by atoms with Crippen LogP contribution in [0.5, 0.6) is 0 Å². The molecule has 2 heterocycles. The highest BCUT2D eigenvalue weighted by molar-refractivity contribution is 6.07. The highest BCUT2D eigenvalue weighted by atomic mass is 16.1. The van der Waals surface area contributed by atoms with Crippen LogP contribution in [-0.4, -0.2) is 29.7 Å². The number of fused-ring (bicyclic) bond motifs is 1. The summed E-state index contributed by atoms with van der Waals surface area (Å²) in [4.78, 5) is 23.1. The van der Waals surface area contributed by atoms with Gasteiger partial charge in [-0.1, -0.05) is 0 Å². The zero-order chi connectivity index (χ0) is 10.1. The van der Waals surface area contributed by atoms with Crippen LogP contribution in [-0.2, 0) is 0 Å². The van der Waals surface area contributed by atoms with Crippen LogP contribution in [0.3, 0.4) is 0 Å². The molecular weight excluding hydrogens is 179 g/mol. The maximum Gasteiger partial charge on any atom is 0.267 e. The molecule has 14 heavy (non-hydrogen) atoms. The number of hydrogen-bond acceptors (Lipinski definition) is 4. The van der Waals surface area contributed by atoms with E-state index in [0.717, 1.165) is 4.48 Å². The third kappa shape index (κ3) is 1.22. The Bertz CT molecular complexity index is 537. The zero-order valence-corrected chi connectivity index (χ0v) is 7.43. The van der Waals surface area contributed by atoms with E-state index >= 15 is 0 Å². The van der Waals surface area contributed by atoms with Crippen LogP contribution in [0.1, 0.15) is 11.5 Å². The standard InChI is InChI=1S/C8H5BN4O/c1-5-12-6-2-3-10-4-11-7(6)8(14)13(5)9/h2,4H,1H3. The summed E-state index contributed by atoms with van der Waals surface area (Å²) in [5.41, 5.74) is 0.234. The highest BCUT2D eigenvalue weighted by Gasteiger charge is 2.09. The monoisotopic (exact) mass is 184 g/mol. The van der Waals surface area contributed by atoms with Crippen LogP contribution in [0, 0.1) is 6.92 Å². The normalized spacial score (nSPS) is 12.6. The molecule has 0 saturated heterocycles. The summed E-state index contributed by atoms with van der Waals surface area (Å²) < 4.78 is 0.954. The van der Waals surface area contributed by atoms with Crippen molar-refractivity contribution in [2.45, 2.75) is 6.92 Å². The number of aromatic nitrogens is 2. The first kappa shape index (κ1) is 8.65. The summed E-state index contributed by atoms with van der Waals surface area (Å²) in [5, 5.41) is 0. The number of aliphatic imine (C=N–C) groups is 2. The fourth-order valence-corrected chi connectivity index (χ4v) is 1.09. The first-order chi connectivity index (χ1) is 6.70. The van der Waals surface area contributed by atoms with Gasteiger partial charge in [-0.25, -0.2) is 9.98 Å². The largest absolute Gasteiger partial charge is 0.353 e. The van der Waals surface area contributed by atoms with Crippen molar-refractivity contribution in [2.75, 3.05) is 0 Å². The molecule has 66 valence electrons. The van der Waals surface area contributed by atoms with Crippen LogP contribution in [0.25, 0.3) is 6.08 Å². The van der Waals surface area contributed by atoms with E-state index in [9.17, 15) is 4.79 Å². The van der Waals surface area contributed by atoms with Gasteiger partial charge in [0.25, 0.3) is 5.56 Å². The first-order valence-electron chi connectivity index (χ1n) is 3.90. The Hall–Kier alpha value is -1.94. The Morgan fingerprint density at radius 1 is 1.57 bits per heavy atom. The molecule has 5 nitrogen and oxygen atoms in total. The number of nitrogens with zero attached hydrogens (tertiary/aromatic N) is 4. The van der Waals surface area contributed by atoms with Crippen LogP contribution in [0.4, 0.5) is 5.69 Å². The lowest BCUT2D eigenvalue weighted by molar-refractivity contribution is 0.945. The van der Waals surface area contributed by atoms with Gasteiger partial charge in [-0.15, -0.1) is 0 Å². The summed E-state index contributed by atoms with van der Waals surface area (Å²) in [5.74, 6) is 3.00. The molecule has 0 fully saturated rings. The number of aryl methyl sites for hydroxylation is 1. The van der Waals surface area contributed by atoms with Gasteiger partial charge in [0.2, 0.25) is 7.98 Å². The van der Waals surface area contributed by atoms with Gasteiger partial charge in [0.1, 0.15) is 12.0 Å². The molecule has 0 bridgehead atoms. The van der Waals surface area contributed by atoms with Crippen molar-refractivity contribution < 1.29 is 0 Å². The maximum absolute atomic E-state index is 11.6. The molecule has 0 N–H and O–H groups in total. The van der Waals surface area contributed by atoms with Gasteiger partial charge < -0.3 is 4.48 Å². The van der Waals surface area contributed by atoms with E-state index in [1.54, 1.807) is 6.92 Å². The van der Waals surface area contributed by atoms with Crippen LogP contribution >= 0.6 is 0 Å². The van der Waals surface area contributed by atoms with Crippen molar-refractivity contribution in [2.24, 2.45) is 9.98 Å². The van der Waals surface area contributed by atoms with E-state index in [-0.39, 0.29) is 11.2 Å². The maximum atomic E-state index is 11.6. The van der Waals surface area contributed by atoms with Gasteiger partial charge in [0.15, 0.2) is 5.69 Å². The molecule has 1 aromatic rings. The van der Waals surface area contributed by atoms with Crippen LogP contribution in [0.15, 0.2) is 14.8 Å². The molecule has 2 radical (unpaired) electrons. The second kappa shape index (κ2) is 3.08. The smallest absolute Gasteiger partial charge is 0.267 e. The molecule has 0 amide bonds. The van der Waals surface area contributed by atoms with Crippen LogP contribution in [0.2, 0.25) is 0 Å². The molecule has 1 aliphatic heterocycles. The fraction of sp³-hybridized carbons (Fsp3) is 0.125. The molecule has 6 heteroatoms. The Kier molecular flexibility index (Phi) is 1.91. The van der Waals surface area contributed by atoms with Gasteiger partial charge in [0, 0.05) is 6.08 Å². The van der Waals surface area contributed by atoms with E-state index < -0.39 is 0 Å². The lowest BCUT2D eigenvalue weighted by Crippen LogP contribution is -2.22. The minimum Gasteiger partial charge on any atom is -0.353 e. The minimum absolute atomic E-state index is 0.187. The lowest BCUT2D eigenvalue weighted by atomic mass is 10.3. The molecule has 1 aromatic heterocycles. The molecular formula is C8H5BN4O. The van der Waals surface area contributed by atoms with Crippen molar-refractivity contribution in [1.29, 1.82) is 0 Å². The molecule has 2 rings (SSSR count). The van der Waals surface area contributed by atoms with Gasteiger partial charge in [-0.05, 0) is 12.8 Å². The second-order valence-corrected chi connectivity index (χ2v) is 2.72. The Balaban J connectivity index is 2.86. The number of rotatable bonds is 0. The van der Waals surface area contributed by atoms with Gasteiger partial charge in [0.05, 0.1) is 5.82 Å². The molecule has 0 aliphatic carbocycles. The molecule has 0 unspecified atom stereocenters. The molecule has 0 spiro atoms. The Morgan fingerprint density at radius 2 is 2.36 bits per heavy atom. The third-order valence-electron chi connectivity index (χ3n) is 1.82. The van der Waals surface area contributed by atoms with Crippen molar-refractivity contribution in [3.05, 3.63) is 21.9 Å². The summed E-state index contributed by atoms with van der Waals surface area (Å²) in [6.45, 7) is 1.64. The summed E-state index contributed by atoms with van der Waals surface area (Å²) in [6.07, 6.45) is 2.73. The summed E-state index contributed by atoms with van der Waals surface area (Å²) >= 11 is 0. The Morgan fingerprint density at radius 3 is 3.14 bits per heavy atom. The zero-order valence-electron chi connectivity index (χ0n) is 7.43. The summed E-state index contributed by atoms with van der Waals surface area (Å²) in [7, 11) is 5.46. The number of hydrogen-bond donors (Lipinski definition) is 0. The molecule has 0 atom stereocenters. The highest BCUT2D eigenvalue weighted by Crippen LogP contribution is 2.13. The SMILES string of the molecule is [B]n1c(C)nc2c(c1=O)N=CN=C=C2. The van der Waals surface area contributed by atoms with Crippen molar-refractivity contribution in [1.82, 2.24) is 9.46 Å². The van der Waals surface area contributed by atoms with Crippen molar-refractivity contribution in [3.63, 3.8) is 0 Å². The van der Waals surface area contributed by atoms with E-state index in [2.05, 4.69) is 20.8 Å². The predicted molar refractivity (Wildman–Crippen MR) is 54.4 cm³/mol. The topological polar surface area (TPSA) is 59.6 Å². The van der Waals surface area contributed by atoms with Crippen molar-refractivity contribution >= 4 is 32.0 Å². The third-order valence-corrected chi connectivity index (χ3v) is 1.82. The van der Waals surface area contributed by atoms with Crippen molar-refractivity contribution in [3.8, 4) is 0 Å². The predicted octanol–water partition coefficient (Wildman–Crippen LogP) is -0.160. The molecule has 1 aliphatic rings. The van der Waals surface area contributed by atoms with E-state index in [0.29, 0.717) is 11.5 Å². The molecule has 0 saturated carbocycles. The van der Waals surface area contributed by atoms with E-state index in [4.69, 9.17) is 7.98 Å². The van der Waals surface area contributed by atoms with Gasteiger partial charge >= 0.3 is 0 Å². The average Bonchev–Trinajstić information content (AvgIpc) is 2.39.